The third-order valence-electron chi connectivity index (χ3n) is 3.16. The minimum atomic E-state index is 1.15. The molecule has 1 aromatic carbocycles. The van der Waals surface area contributed by atoms with E-state index in [9.17, 15) is 0 Å². The lowest BCUT2D eigenvalue weighted by molar-refractivity contribution is 0.822. The summed E-state index contributed by atoms with van der Waals surface area (Å²) in [6.45, 7) is 12.5. The Hall–Kier alpha value is -1.30. The highest BCUT2D eigenvalue weighted by Gasteiger charge is 2.16. The lowest BCUT2D eigenvalue weighted by atomic mass is 9.83. The highest BCUT2D eigenvalue weighted by atomic mass is 14.2. The summed E-state index contributed by atoms with van der Waals surface area (Å²) < 4.78 is 0. The Morgan fingerprint density at radius 2 is 1.88 bits per heavy atom. The van der Waals surface area contributed by atoms with Gasteiger partial charge in [0, 0.05) is 0 Å². The molecule has 0 N–H and O–H groups in total. The molecular weight excluding hydrogens is 204 g/mol. The summed E-state index contributed by atoms with van der Waals surface area (Å²) in [4.78, 5) is 0. The normalized spacial score (nSPS) is 14.2. The number of rotatable bonds is 1. The number of allylic oxidation sites excluding steroid dienone is 2. The minimum Gasteiger partial charge on any atom is -0.0952 e. The number of hydrogen-bond acceptors (Lipinski definition) is 0. The van der Waals surface area contributed by atoms with E-state index in [1.165, 1.54) is 40.7 Å². The molecule has 0 spiro atoms. The Morgan fingerprint density at radius 3 is 2.53 bits per heavy atom. The molecule has 2 rings (SSSR count). The van der Waals surface area contributed by atoms with Crippen molar-refractivity contribution in [1.29, 1.82) is 0 Å². The zero-order valence-corrected chi connectivity index (χ0v) is 11.6. The molecule has 0 radical (unpaired) electrons. The fourth-order valence-corrected chi connectivity index (χ4v) is 2.39. The van der Waals surface area contributed by atoms with Gasteiger partial charge in [0.05, 0.1) is 0 Å². The average Bonchev–Trinajstić information content (AvgIpc) is 2.36. The van der Waals surface area contributed by atoms with Gasteiger partial charge in [0.2, 0.25) is 0 Å². The summed E-state index contributed by atoms with van der Waals surface area (Å²) in [6, 6.07) is 4.49. The summed E-state index contributed by atoms with van der Waals surface area (Å²) in [7, 11) is 0. The molecule has 17 heavy (non-hydrogen) atoms. The second kappa shape index (κ2) is 6.44. The molecule has 0 atom stereocenters. The monoisotopic (exact) mass is 228 g/mol. The zero-order chi connectivity index (χ0) is 12.8. The predicted octanol–water partition coefficient (Wildman–Crippen LogP) is 5.40. The van der Waals surface area contributed by atoms with Crippen molar-refractivity contribution in [3.05, 3.63) is 47.0 Å². The molecule has 0 saturated carbocycles. The van der Waals surface area contributed by atoms with E-state index in [1.54, 1.807) is 0 Å². The van der Waals surface area contributed by atoms with Crippen LogP contribution < -0.4 is 0 Å². The molecule has 0 aromatic heterocycles. The Morgan fingerprint density at radius 1 is 1.18 bits per heavy atom. The van der Waals surface area contributed by atoms with Gasteiger partial charge in [-0.15, -0.1) is 0 Å². The van der Waals surface area contributed by atoms with E-state index in [0.29, 0.717) is 0 Å². The number of aryl methyl sites for hydroxylation is 2. The Kier molecular flexibility index (Phi) is 5.21. The summed E-state index contributed by atoms with van der Waals surface area (Å²) in [5.74, 6) is 0. The van der Waals surface area contributed by atoms with Crippen molar-refractivity contribution in [2.24, 2.45) is 0 Å². The van der Waals surface area contributed by atoms with Gasteiger partial charge in [-0.3, -0.25) is 0 Å². The third-order valence-corrected chi connectivity index (χ3v) is 3.16. The SMILES string of the molecule is C=C1CCCc2ccc(C)c(/C=C\C)c21.CC. The first-order chi connectivity index (χ1) is 8.24. The van der Waals surface area contributed by atoms with Gasteiger partial charge in [-0.2, -0.15) is 0 Å². The van der Waals surface area contributed by atoms with Gasteiger partial charge in [-0.1, -0.05) is 44.7 Å². The van der Waals surface area contributed by atoms with E-state index in [0.717, 1.165) is 6.42 Å². The Bertz CT molecular complexity index is 422. The van der Waals surface area contributed by atoms with Crippen LogP contribution in [0.4, 0.5) is 0 Å². The standard InChI is InChI=1S/C15H18.C2H6/c1-4-6-14-11(2)9-10-13-8-5-7-12(3)15(13)14;1-2/h4,6,9-10H,3,5,7-8H2,1-2H3;1-2H3/b6-4-;. The van der Waals surface area contributed by atoms with E-state index in [1.807, 2.05) is 13.8 Å². The van der Waals surface area contributed by atoms with Gasteiger partial charge >= 0.3 is 0 Å². The van der Waals surface area contributed by atoms with Crippen molar-refractivity contribution in [2.45, 2.75) is 47.0 Å². The van der Waals surface area contributed by atoms with E-state index in [-0.39, 0.29) is 0 Å². The smallest absolute Gasteiger partial charge is 0.0123 e. The van der Waals surface area contributed by atoms with Crippen LogP contribution in [-0.4, -0.2) is 0 Å². The molecule has 1 aromatic rings. The van der Waals surface area contributed by atoms with Crippen molar-refractivity contribution in [3.8, 4) is 0 Å². The van der Waals surface area contributed by atoms with Gasteiger partial charge in [-0.05, 0) is 60.9 Å². The summed E-state index contributed by atoms with van der Waals surface area (Å²) >= 11 is 0. The zero-order valence-electron chi connectivity index (χ0n) is 11.6. The van der Waals surface area contributed by atoms with Gasteiger partial charge in [-0.25, -0.2) is 0 Å². The van der Waals surface area contributed by atoms with Crippen LogP contribution in [0, 0.1) is 6.92 Å². The highest BCUT2D eigenvalue weighted by Crippen LogP contribution is 2.34. The van der Waals surface area contributed by atoms with E-state index >= 15 is 0 Å². The van der Waals surface area contributed by atoms with Crippen LogP contribution in [0.15, 0.2) is 24.8 Å². The largest absolute Gasteiger partial charge is 0.0952 e. The molecule has 92 valence electrons. The molecule has 0 heteroatoms. The topological polar surface area (TPSA) is 0 Å². The molecule has 0 heterocycles. The van der Waals surface area contributed by atoms with Crippen LogP contribution in [0.25, 0.3) is 11.6 Å². The summed E-state index contributed by atoms with van der Waals surface area (Å²) in [5, 5.41) is 0. The van der Waals surface area contributed by atoms with Crippen LogP contribution in [0.5, 0.6) is 0 Å². The number of benzene rings is 1. The third kappa shape index (κ3) is 2.88. The second-order valence-corrected chi connectivity index (χ2v) is 4.29. The second-order valence-electron chi connectivity index (χ2n) is 4.29. The first-order valence-electron chi connectivity index (χ1n) is 6.67. The lowest BCUT2D eigenvalue weighted by Gasteiger charge is -2.21. The van der Waals surface area contributed by atoms with Crippen molar-refractivity contribution < 1.29 is 0 Å². The maximum absolute atomic E-state index is 4.21. The molecule has 0 saturated heterocycles. The quantitative estimate of drug-likeness (QED) is 0.603. The van der Waals surface area contributed by atoms with Gasteiger partial charge in [0.1, 0.15) is 0 Å². The van der Waals surface area contributed by atoms with E-state index in [4.69, 9.17) is 0 Å². The first-order valence-corrected chi connectivity index (χ1v) is 6.67. The van der Waals surface area contributed by atoms with E-state index < -0.39 is 0 Å². The first kappa shape index (κ1) is 13.8. The van der Waals surface area contributed by atoms with E-state index in [2.05, 4.69) is 44.7 Å². The predicted molar refractivity (Wildman–Crippen MR) is 79.2 cm³/mol. The van der Waals surface area contributed by atoms with Gasteiger partial charge in [0.25, 0.3) is 0 Å². The molecule has 1 aliphatic carbocycles. The molecule has 0 nitrogen and oxygen atoms in total. The van der Waals surface area contributed by atoms with Crippen molar-refractivity contribution in [2.75, 3.05) is 0 Å². The molecule has 0 fully saturated rings. The Labute approximate surface area is 106 Å². The van der Waals surface area contributed by atoms with Gasteiger partial charge in [0.15, 0.2) is 0 Å². The highest BCUT2D eigenvalue weighted by molar-refractivity contribution is 5.78. The molecule has 0 aliphatic heterocycles. The van der Waals surface area contributed by atoms with Crippen LogP contribution >= 0.6 is 0 Å². The van der Waals surface area contributed by atoms with Crippen molar-refractivity contribution in [1.82, 2.24) is 0 Å². The van der Waals surface area contributed by atoms with Gasteiger partial charge < -0.3 is 0 Å². The molecule has 0 unspecified atom stereocenters. The lowest BCUT2D eigenvalue weighted by Crippen LogP contribution is -2.04. The summed E-state index contributed by atoms with van der Waals surface area (Å²) in [5.41, 5.74) is 6.94. The van der Waals surface area contributed by atoms with Crippen LogP contribution in [0.1, 0.15) is 55.9 Å². The number of hydrogen-bond donors (Lipinski definition) is 0. The van der Waals surface area contributed by atoms with Crippen molar-refractivity contribution >= 4 is 11.6 Å². The molecule has 0 bridgehead atoms. The maximum atomic E-state index is 4.21. The average molecular weight is 228 g/mol. The van der Waals surface area contributed by atoms with Crippen LogP contribution in [0.3, 0.4) is 0 Å². The fourth-order valence-electron chi connectivity index (χ4n) is 2.39. The minimum absolute atomic E-state index is 1.15. The maximum Gasteiger partial charge on any atom is -0.0123 e. The fraction of sp³-hybridized carbons (Fsp3) is 0.412. The van der Waals surface area contributed by atoms with Crippen molar-refractivity contribution in [3.63, 3.8) is 0 Å². The summed E-state index contributed by atoms with van der Waals surface area (Å²) in [6.07, 6.45) is 7.94. The Balaban J connectivity index is 0.000000686. The van der Waals surface area contributed by atoms with Crippen LogP contribution in [0.2, 0.25) is 0 Å². The number of fused-ring (bicyclic) bond motifs is 1. The molecule has 0 amide bonds. The molecule has 1 aliphatic rings. The molecular formula is C17H24. The van der Waals surface area contributed by atoms with Crippen LogP contribution in [-0.2, 0) is 6.42 Å².